The van der Waals surface area contributed by atoms with Crippen LogP contribution in [0, 0.1) is 6.92 Å². The minimum Gasteiger partial charge on any atom is -0.495 e. The summed E-state index contributed by atoms with van der Waals surface area (Å²) in [5.74, 6) is 0.777. The van der Waals surface area contributed by atoms with Gasteiger partial charge in [-0.1, -0.05) is 49.1 Å². The molecule has 8 heteroatoms. The van der Waals surface area contributed by atoms with Crippen LogP contribution >= 0.6 is 0 Å². The first-order chi connectivity index (χ1) is 19.5. The molecule has 3 amide bonds. The zero-order valence-electron chi connectivity index (χ0n) is 23.4. The van der Waals surface area contributed by atoms with Crippen LogP contribution in [0.4, 0.5) is 27.5 Å². The topological polar surface area (TPSA) is 85.9 Å². The molecule has 2 aliphatic rings. The van der Waals surface area contributed by atoms with Crippen LogP contribution < -0.4 is 30.5 Å². The number of aryl methyl sites for hydroxylation is 1. The number of nitrogens with zero attached hydrogens (tertiary/aromatic N) is 2. The van der Waals surface area contributed by atoms with Gasteiger partial charge in [-0.05, 0) is 62.2 Å². The van der Waals surface area contributed by atoms with Crippen molar-refractivity contribution in [2.75, 3.05) is 53.7 Å². The summed E-state index contributed by atoms with van der Waals surface area (Å²) in [6.07, 6.45) is 5.53. The number of urea groups is 1. The molecule has 1 heterocycles. The van der Waals surface area contributed by atoms with Crippen molar-refractivity contribution in [2.45, 2.75) is 45.1 Å². The summed E-state index contributed by atoms with van der Waals surface area (Å²) in [6, 6.07) is 21.2. The molecule has 40 heavy (non-hydrogen) atoms. The number of piperazine rings is 1. The molecule has 1 saturated carbocycles. The lowest BCUT2D eigenvalue weighted by molar-refractivity contribution is 0.0928. The Hall–Kier alpha value is -4.20. The lowest BCUT2D eigenvalue weighted by Gasteiger charge is -2.38. The Balaban J connectivity index is 1.33. The number of ether oxygens (including phenoxy) is 1. The number of nitrogens with one attached hydrogen (secondary N) is 3. The Bertz CT molecular complexity index is 1310. The minimum atomic E-state index is -0.347. The molecule has 210 valence electrons. The molecule has 0 spiro atoms. The SMILES string of the molecule is COc1ccccc1N1CCN(c2ccc(NC(=O)Nc3ccc(C)cc3)cc2C(=O)NC2CCCCC2)CC1. The number of benzene rings is 3. The van der Waals surface area contributed by atoms with E-state index in [0.29, 0.717) is 16.9 Å². The van der Waals surface area contributed by atoms with Gasteiger partial charge in [0.2, 0.25) is 0 Å². The molecule has 3 aromatic rings. The normalized spacial score (nSPS) is 15.8. The van der Waals surface area contributed by atoms with Crippen molar-refractivity contribution in [3.63, 3.8) is 0 Å². The fourth-order valence-electron chi connectivity index (χ4n) is 5.59. The molecule has 3 N–H and O–H groups in total. The highest BCUT2D eigenvalue weighted by Crippen LogP contribution is 2.31. The van der Waals surface area contributed by atoms with E-state index in [1.807, 2.05) is 61.5 Å². The standard InChI is InChI=1S/C32H39N5O3/c1-23-12-14-25(15-13-23)34-32(39)35-26-16-17-28(27(22-26)31(38)33-24-8-4-3-5-9-24)36-18-20-37(21-19-36)29-10-6-7-11-30(29)40-2/h6-7,10-17,22,24H,3-5,8-9,18-21H2,1-2H3,(H,33,38)(H2,34,35,39). The Morgan fingerprint density at radius 3 is 2.10 bits per heavy atom. The number of rotatable bonds is 7. The molecule has 0 unspecified atom stereocenters. The number of methoxy groups -OCH3 is 1. The fraction of sp³-hybridized carbons (Fsp3) is 0.375. The Morgan fingerprint density at radius 2 is 1.40 bits per heavy atom. The van der Waals surface area contributed by atoms with Gasteiger partial charge in [0.05, 0.1) is 18.4 Å². The minimum absolute atomic E-state index is 0.0864. The molecule has 1 aliphatic heterocycles. The largest absolute Gasteiger partial charge is 0.495 e. The number of hydrogen-bond donors (Lipinski definition) is 3. The third kappa shape index (κ3) is 6.68. The van der Waals surface area contributed by atoms with Gasteiger partial charge in [-0.15, -0.1) is 0 Å². The first kappa shape index (κ1) is 27.4. The summed E-state index contributed by atoms with van der Waals surface area (Å²) in [6.45, 7) is 5.15. The zero-order chi connectivity index (χ0) is 27.9. The summed E-state index contributed by atoms with van der Waals surface area (Å²) >= 11 is 0. The van der Waals surface area contributed by atoms with Gasteiger partial charge in [-0.2, -0.15) is 0 Å². The number of amides is 3. The van der Waals surface area contributed by atoms with Crippen molar-refractivity contribution in [1.82, 2.24) is 5.32 Å². The van der Waals surface area contributed by atoms with Crippen molar-refractivity contribution in [2.24, 2.45) is 0 Å². The molecular weight excluding hydrogens is 502 g/mol. The van der Waals surface area contributed by atoms with E-state index >= 15 is 0 Å². The second kappa shape index (κ2) is 12.8. The molecule has 5 rings (SSSR count). The Kier molecular flexibility index (Phi) is 8.74. The number of hydrogen-bond acceptors (Lipinski definition) is 5. The van der Waals surface area contributed by atoms with Crippen LogP contribution in [-0.4, -0.2) is 51.3 Å². The maximum atomic E-state index is 13.6. The van der Waals surface area contributed by atoms with Gasteiger partial charge >= 0.3 is 6.03 Å². The van der Waals surface area contributed by atoms with Gasteiger partial charge in [0.15, 0.2) is 0 Å². The Morgan fingerprint density at radius 1 is 0.775 bits per heavy atom. The molecule has 1 saturated heterocycles. The third-order valence-corrected chi connectivity index (χ3v) is 7.80. The molecule has 1 aliphatic carbocycles. The highest BCUT2D eigenvalue weighted by Gasteiger charge is 2.25. The van der Waals surface area contributed by atoms with Gasteiger partial charge in [0, 0.05) is 49.3 Å². The van der Waals surface area contributed by atoms with Crippen LogP contribution in [0.3, 0.4) is 0 Å². The highest BCUT2D eigenvalue weighted by atomic mass is 16.5. The molecule has 0 radical (unpaired) electrons. The average molecular weight is 542 g/mol. The van der Waals surface area contributed by atoms with Crippen molar-refractivity contribution >= 4 is 34.7 Å². The molecular formula is C32H39N5O3. The van der Waals surface area contributed by atoms with E-state index in [2.05, 4.69) is 31.8 Å². The van der Waals surface area contributed by atoms with E-state index in [-0.39, 0.29) is 18.0 Å². The number of para-hydroxylation sites is 2. The van der Waals surface area contributed by atoms with Crippen molar-refractivity contribution in [3.05, 3.63) is 77.9 Å². The molecule has 0 bridgehead atoms. The van der Waals surface area contributed by atoms with Crippen molar-refractivity contribution in [3.8, 4) is 5.75 Å². The number of carbonyl (C=O) groups excluding carboxylic acids is 2. The average Bonchev–Trinajstić information content (AvgIpc) is 2.99. The third-order valence-electron chi connectivity index (χ3n) is 7.80. The van der Waals surface area contributed by atoms with Crippen molar-refractivity contribution < 1.29 is 14.3 Å². The first-order valence-electron chi connectivity index (χ1n) is 14.2. The van der Waals surface area contributed by atoms with E-state index in [1.54, 1.807) is 13.2 Å². The maximum absolute atomic E-state index is 13.6. The fourth-order valence-corrected chi connectivity index (χ4v) is 5.59. The van der Waals surface area contributed by atoms with E-state index in [4.69, 9.17) is 4.74 Å². The Labute approximate surface area is 236 Å². The first-order valence-corrected chi connectivity index (χ1v) is 14.2. The lowest BCUT2D eigenvalue weighted by atomic mass is 9.95. The van der Waals surface area contributed by atoms with Crippen LogP contribution in [0.25, 0.3) is 0 Å². The van der Waals surface area contributed by atoms with Gasteiger partial charge < -0.3 is 30.5 Å². The monoisotopic (exact) mass is 541 g/mol. The summed E-state index contributed by atoms with van der Waals surface area (Å²) < 4.78 is 5.57. The number of carbonyl (C=O) groups is 2. The van der Waals surface area contributed by atoms with Crippen LogP contribution in [-0.2, 0) is 0 Å². The molecule has 0 aromatic heterocycles. The van der Waals surface area contributed by atoms with Gasteiger partial charge in [-0.3, -0.25) is 4.79 Å². The van der Waals surface area contributed by atoms with Gasteiger partial charge in [0.1, 0.15) is 5.75 Å². The predicted molar refractivity (Wildman–Crippen MR) is 162 cm³/mol. The molecule has 0 atom stereocenters. The van der Waals surface area contributed by atoms with Crippen LogP contribution in [0.5, 0.6) is 5.75 Å². The van der Waals surface area contributed by atoms with Crippen LogP contribution in [0.1, 0.15) is 48.0 Å². The second-order valence-electron chi connectivity index (χ2n) is 10.6. The van der Waals surface area contributed by atoms with Gasteiger partial charge in [0.25, 0.3) is 5.91 Å². The zero-order valence-corrected chi connectivity index (χ0v) is 23.4. The molecule has 8 nitrogen and oxygen atoms in total. The molecule has 3 aromatic carbocycles. The quantitative estimate of drug-likeness (QED) is 0.340. The van der Waals surface area contributed by atoms with Crippen LogP contribution in [0.2, 0.25) is 0 Å². The predicted octanol–water partition coefficient (Wildman–Crippen LogP) is 6.04. The van der Waals surface area contributed by atoms with Gasteiger partial charge in [-0.25, -0.2) is 4.79 Å². The molecule has 2 fully saturated rings. The number of anilines is 4. The summed E-state index contributed by atoms with van der Waals surface area (Å²) in [7, 11) is 1.70. The van der Waals surface area contributed by atoms with Crippen LogP contribution in [0.15, 0.2) is 66.7 Å². The highest BCUT2D eigenvalue weighted by molar-refractivity contribution is 6.04. The lowest BCUT2D eigenvalue weighted by Crippen LogP contribution is -2.47. The summed E-state index contributed by atoms with van der Waals surface area (Å²) in [4.78, 5) is 30.9. The van der Waals surface area contributed by atoms with E-state index in [9.17, 15) is 9.59 Å². The van der Waals surface area contributed by atoms with E-state index in [1.165, 1.54) is 6.42 Å². The van der Waals surface area contributed by atoms with E-state index < -0.39 is 0 Å². The smallest absolute Gasteiger partial charge is 0.323 e. The van der Waals surface area contributed by atoms with E-state index in [0.717, 1.165) is 74.6 Å². The van der Waals surface area contributed by atoms with Crippen molar-refractivity contribution in [1.29, 1.82) is 0 Å². The summed E-state index contributed by atoms with van der Waals surface area (Å²) in [5, 5.41) is 9.04. The maximum Gasteiger partial charge on any atom is 0.323 e. The summed E-state index contributed by atoms with van der Waals surface area (Å²) in [5.41, 5.74) is 4.97. The second-order valence-corrected chi connectivity index (χ2v) is 10.6.